The number of hydrogen-bond donors (Lipinski definition) is 1. The molecule has 0 heterocycles. The maximum Gasteiger partial charge on any atom is 0.404 e. The fourth-order valence-corrected chi connectivity index (χ4v) is 0.203. The maximum atomic E-state index is 9.76. The summed E-state index contributed by atoms with van der Waals surface area (Å²) >= 11 is 0. The summed E-state index contributed by atoms with van der Waals surface area (Å²) in [5, 5.41) is 0. The Balaban J connectivity index is 0. The van der Waals surface area contributed by atoms with Gasteiger partial charge in [-0.05, 0) is 6.42 Å². The molecule has 0 aromatic carbocycles. The van der Waals surface area contributed by atoms with Crippen LogP contribution in [0.5, 0.6) is 0 Å². The van der Waals surface area contributed by atoms with E-state index >= 15 is 0 Å². The molecule has 0 spiro atoms. The van der Waals surface area contributed by atoms with Crippen LogP contribution >= 0.6 is 0 Å². The van der Waals surface area contributed by atoms with E-state index in [9.17, 15) is 4.79 Å². The van der Waals surface area contributed by atoms with Gasteiger partial charge >= 0.3 is 6.09 Å². The molecular weight excluding hydrogens is 118 g/mol. The van der Waals surface area contributed by atoms with Crippen molar-refractivity contribution in [1.82, 2.24) is 0 Å². The van der Waals surface area contributed by atoms with Crippen molar-refractivity contribution in [2.75, 3.05) is 6.61 Å². The van der Waals surface area contributed by atoms with Gasteiger partial charge in [-0.15, -0.1) is 0 Å². The van der Waals surface area contributed by atoms with Gasteiger partial charge in [-0.3, -0.25) is 0 Å². The minimum absolute atomic E-state index is 0.426. The van der Waals surface area contributed by atoms with Gasteiger partial charge in [-0.1, -0.05) is 20.8 Å². The van der Waals surface area contributed by atoms with E-state index in [2.05, 4.69) is 10.5 Å². The molecule has 0 bridgehead atoms. The first-order valence-electron chi connectivity index (χ1n) is 3.19. The SMILES string of the molecule is CC.CCCOC(N)=O. The van der Waals surface area contributed by atoms with Crippen molar-refractivity contribution in [2.45, 2.75) is 27.2 Å². The van der Waals surface area contributed by atoms with Gasteiger partial charge in [0.25, 0.3) is 0 Å². The first-order chi connectivity index (χ1) is 4.27. The zero-order valence-electron chi connectivity index (χ0n) is 6.31. The standard InChI is InChI=1S/C4H9NO2.C2H6/c1-2-3-7-4(5)6;1-2/h2-3H2,1H3,(H2,5,6);1-2H3. The molecule has 3 nitrogen and oxygen atoms in total. The maximum absolute atomic E-state index is 9.76. The quantitative estimate of drug-likeness (QED) is 0.620. The van der Waals surface area contributed by atoms with Crippen LogP contribution in [0.25, 0.3) is 0 Å². The van der Waals surface area contributed by atoms with Crippen LogP contribution in [0.15, 0.2) is 0 Å². The van der Waals surface area contributed by atoms with Gasteiger partial charge in [0.15, 0.2) is 0 Å². The second-order valence-corrected chi connectivity index (χ2v) is 1.17. The highest BCUT2D eigenvalue weighted by Gasteiger charge is 1.86. The average Bonchev–Trinajstić information content (AvgIpc) is 1.88. The average molecular weight is 133 g/mol. The molecule has 0 rings (SSSR count). The normalized spacial score (nSPS) is 7.00. The van der Waals surface area contributed by atoms with Crippen molar-refractivity contribution in [3.8, 4) is 0 Å². The fourth-order valence-electron chi connectivity index (χ4n) is 0.203. The lowest BCUT2D eigenvalue weighted by Crippen LogP contribution is -2.12. The summed E-state index contributed by atoms with van der Waals surface area (Å²) in [6.07, 6.45) is 0.130. The summed E-state index contributed by atoms with van der Waals surface area (Å²) in [5.41, 5.74) is 4.62. The number of nitrogens with two attached hydrogens (primary N) is 1. The summed E-state index contributed by atoms with van der Waals surface area (Å²) in [7, 11) is 0. The first kappa shape index (κ1) is 11.1. The van der Waals surface area contributed by atoms with Crippen LogP contribution in [0, 0.1) is 0 Å². The zero-order valence-corrected chi connectivity index (χ0v) is 6.31. The third-order valence-corrected chi connectivity index (χ3v) is 0.448. The van der Waals surface area contributed by atoms with Gasteiger partial charge in [0.05, 0.1) is 6.61 Å². The topological polar surface area (TPSA) is 52.3 Å². The van der Waals surface area contributed by atoms with Crippen molar-refractivity contribution < 1.29 is 9.53 Å². The van der Waals surface area contributed by atoms with E-state index in [0.29, 0.717) is 6.61 Å². The monoisotopic (exact) mass is 133 g/mol. The van der Waals surface area contributed by atoms with E-state index in [-0.39, 0.29) is 0 Å². The number of amides is 1. The molecule has 0 radical (unpaired) electrons. The lowest BCUT2D eigenvalue weighted by Gasteiger charge is -1.93. The Morgan fingerprint density at radius 1 is 1.56 bits per heavy atom. The van der Waals surface area contributed by atoms with Gasteiger partial charge in [0, 0.05) is 0 Å². The predicted octanol–water partition coefficient (Wildman–Crippen LogP) is 1.52. The number of hydrogen-bond acceptors (Lipinski definition) is 2. The van der Waals surface area contributed by atoms with E-state index in [1.807, 2.05) is 20.8 Å². The van der Waals surface area contributed by atoms with Gasteiger partial charge in [-0.25, -0.2) is 4.79 Å². The molecule has 0 unspecified atom stereocenters. The lowest BCUT2D eigenvalue weighted by molar-refractivity contribution is 0.157. The van der Waals surface area contributed by atoms with Crippen molar-refractivity contribution in [1.29, 1.82) is 0 Å². The second-order valence-electron chi connectivity index (χ2n) is 1.17. The van der Waals surface area contributed by atoms with Crippen LogP contribution in [-0.4, -0.2) is 12.7 Å². The molecule has 0 aromatic rings. The number of rotatable bonds is 2. The summed E-state index contributed by atoms with van der Waals surface area (Å²) < 4.78 is 4.33. The smallest absolute Gasteiger partial charge is 0.404 e. The molecule has 0 saturated heterocycles. The zero-order chi connectivity index (χ0) is 7.70. The van der Waals surface area contributed by atoms with Gasteiger partial charge in [-0.2, -0.15) is 0 Å². The molecule has 0 aliphatic carbocycles. The molecule has 0 aliphatic rings. The third-order valence-electron chi connectivity index (χ3n) is 0.448. The molecule has 0 aliphatic heterocycles. The van der Waals surface area contributed by atoms with E-state index in [1.165, 1.54) is 0 Å². The molecule has 0 atom stereocenters. The summed E-state index contributed by atoms with van der Waals surface area (Å²) in [4.78, 5) is 9.76. The molecule has 9 heavy (non-hydrogen) atoms. The van der Waals surface area contributed by atoms with Crippen LogP contribution in [-0.2, 0) is 4.74 Å². The van der Waals surface area contributed by atoms with E-state index in [1.54, 1.807) is 0 Å². The highest BCUT2D eigenvalue weighted by Crippen LogP contribution is 1.76. The minimum Gasteiger partial charge on any atom is -0.450 e. The lowest BCUT2D eigenvalue weighted by atomic mass is 10.5. The third kappa shape index (κ3) is 18.9. The largest absolute Gasteiger partial charge is 0.450 e. The highest BCUT2D eigenvalue weighted by atomic mass is 16.5. The fraction of sp³-hybridized carbons (Fsp3) is 0.833. The molecule has 3 heteroatoms. The molecular formula is C6H15NO2. The first-order valence-corrected chi connectivity index (χ1v) is 3.19. The summed E-state index contributed by atoms with van der Waals surface area (Å²) in [6, 6.07) is 0. The van der Waals surface area contributed by atoms with Crippen molar-refractivity contribution in [3.63, 3.8) is 0 Å². The number of primary amides is 1. The number of carbonyl (C=O) groups is 1. The molecule has 0 aromatic heterocycles. The predicted molar refractivity (Wildman–Crippen MR) is 37.2 cm³/mol. The van der Waals surface area contributed by atoms with Gasteiger partial charge in [0.1, 0.15) is 0 Å². The molecule has 0 saturated carbocycles. The summed E-state index contributed by atoms with van der Waals surface area (Å²) in [5.74, 6) is 0. The van der Waals surface area contributed by atoms with Crippen molar-refractivity contribution in [3.05, 3.63) is 0 Å². The van der Waals surface area contributed by atoms with Crippen LogP contribution in [0.3, 0.4) is 0 Å². The Hall–Kier alpha value is -0.730. The molecule has 56 valence electrons. The Labute approximate surface area is 56.2 Å². The number of ether oxygens (including phenoxy) is 1. The Kier molecular flexibility index (Phi) is 12.7. The van der Waals surface area contributed by atoms with Crippen LogP contribution in [0.1, 0.15) is 27.2 Å². The van der Waals surface area contributed by atoms with Crippen molar-refractivity contribution >= 4 is 6.09 Å². The molecule has 1 amide bonds. The number of carbonyl (C=O) groups excluding carboxylic acids is 1. The molecule has 0 fully saturated rings. The van der Waals surface area contributed by atoms with Gasteiger partial charge < -0.3 is 10.5 Å². The van der Waals surface area contributed by atoms with E-state index < -0.39 is 6.09 Å². The Bertz CT molecular complexity index is 64.1. The Morgan fingerprint density at radius 3 is 2.11 bits per heavy atom. The van der Waals surface area contributed by atoms with Crippen LogP contribution in [0.2, 0.25) is 0 Å². The van der Waals surface area contributed by atoms with E-state index in [0.717, 1.165) is 6.42 Å². The van der Waals surface area contributed by atoms with Crippen LogP contribution in [0.4, 0.5) is 4.79 Å². The second kappa shape index (κ2) is 10.3. The Morgan fingerprint density at radius 2 is 2.00 bits per heavy atom. The van der Waals surface area contributed by atoms with Crippen molar-refractivity contribution in [2.24, 2.45) is 5.73 Å². The van der Waals surface area contributed by atoms with Crippen LogP contribution < -0.4 is 5.73 Å². The molecule has 2 N–H and O–H groups in total. The van der Waals surface area contributed by atoms with Gasteiger partial charge in [0.2, 0.25) is 0 Å². The minimum atomic E-state index is -0.693. The van der Waals surface area contributed by atoms with E-state index in [4.69, 9.17) is 0 Å². The summed E-state index contributed by atoms with van der Waals surface area (Å²) in [6.45, 7) is 6.33. The highest BCUT2D eigenvalue weighted by molar-refractivity contribution is 5.64.